The summed E-state index contributed by atoms with van der Waals surface area (Å²) in [5.41, 5.74) is 18.0. The van der Waals surface area contributed by atoms with Crippen LogP contribution in [0.5, 0.6) is 0 Å². The van der Waals surface area contributed by atoms with Crippen LogP contribution in [-0.2, 0) is 25.7 Å². The molecule has 0 amide bonds. The van der Waals surface area contributed by atoms with Gasteiger partial charge in [0, 0.05) is 5.41 Å². The molecule has 4 aromatic rings. The van der Waals surface area contributed by atoms with E-state index in [1.165, 1.54) is 87.7 Å². The number of aryl methyl sites for hydroxylation is 2. The lowest BCUT2D eigenvalue weighted by atomic mass is 9.63. The van der Waals surface area contributed by atoms with E-state index in [2.05, 4.69) is 111 Å². The Morgan fingerprint density at radius 1 is 0.500 bits per heavy atom. The van der Waals surface area contributed by atoms with Crippen molar-refractivity contribution >= 4 is 12.2 Å². The minimum atomic E-state index is 0.180. The van der Waals surface area contributed by atoms with Gasteiger partial charge in [-0.15, -0.1) is 0 Å². The molecule has 0 aliphatic heterocycles. The van der Waals surface area contributed by atoms with E-state index in [4.69, 9.17) is 0 Å². The van der Waals surface area contributed by atoms with Crippen molar-refractivity contribution in [2.24, 2.45) is 5.41 Å². The molecule has 0 unspecified atom stereocenters. The predicted octanol–water partition coefficient (Wildman–Crippen LogP) is 10.7. The third kappa shape index (κ3) is 4.12. The molecular formula is C40H40. The summed E-state index contributed by atoms with van der Waals surface area (Å²) in [6, 6.07) is 32.0. The number of allylic oxidation sites excluding steroid dienone is 2. The minimum absolute atomic E-state index is 0.180. The van der Waals surface area contributed by atoms with Gasteiger partial charge in [-0.3, -0.25) is 0 Å². The number of hydrogen-bond donors (Lipinski definition) is 0. The molecule has 0 saturated heterocycles. The second-order valence-corrected chi connectivity index (χ2v) is 12.1. The Bertz CT molecular complexity index is 1520. The average molecular weight is 521 g/mol. The van der Waals surface area contributed by atoms with E-state index in [-0.39, 0.29) is 5.41 Å². The second-order valence-electron chi connectivity index (χ2n) is 12.1. The molecule has 0 atom stereocenters. The highest BCUT2D eigenvalue weighted by Crippen LogP contribution is 2.55. The van der Waals surface area contributed by atoms with Crippen molar-refractivity contribution in [3.05, 3.63) is 129 Å². The average Bonchev–Trinajstić information content (AvgIpc) is 3.67. The Morgan fingerprint density at radius 2 is 0.950 bits per heavy atom. The molecule has 1 fully saturated rings. The summed E-state index contributed by atoms with van der Waals surface area (Å²) in [6.45, 7) is 4.55. The van der Waals surface area contributed by atoms with Crippen LogP contribution in [0.1, 0.15) is 79.3 Å². The van der Waals surface area contributed by atoms with Crippen molar-refractivity contribution in [3.63, 3.8) is 0 Å². The SMILES string of the molecule is CCc1ccccc1-c1cccc2c1C=C(C1(C3=Cc4c(cccc4-c4ccccc4CC)C3)CCCCC1)C2. The van der Waals surface area contributed by atoms with Gasteiger partial charge in [0.2, 0.25) is 0 Å². The first-order valence-electron chi connectivity index (χ1n) is 15.5. The van der Waals surface area contributed by atoms with Crippen molar-refractivity contribution in [3.8, 4) is 22.3 Å². The molecule has 0 bridgehead atoms. The maximum absolute atomic E-state index is 2.62. The zero-order valence-electron chi connectivity index (χ0n) is 24.1. The zero-order chi connectivity index (χ0) is 27.1. The van der Waals surface area contributed by atoms with Gasteiger partial charge in [-0.25, -0.2) is 0 Å². The largest absolute Gasteiger partial charge is 0.0620 e. The van der Waals surface area contributed by atoms with E-state index in [0.717, 1.165) is 25.7 Å². The predicted molar refractivity (Wildman–Crippen MR) is 171 cm³/mol. The lowest BCUT2D eigenvalue weighted by molar-refractivity contribution is 0.286. The van der Waals surface area contributed by atoms with Crippen LogP contribution in [0.15, 0.2) is 96.1 Å². The fourth-order valence-corrected chi connectivity index (χ4v) is 8.01. The molecular weight excluding hydrogens is 480 g/mol. The van der Waals surface area contributed by atoms with Gasteiger partial charge >= 0.3 is 0 Å². The zero-order valence-corrected chi connectivity index (χ0v) is 24.1. The second kappa shape index (κ2) is 10.4. The highest BCUT2D eigenvalue weighted by molar-refractivity contribution is 5.85. The van der Waals surface area contributed by atoms with Crippen LogP contribution in [0, 0.1) is 5.41 Å². The van der Waals surface area contributed by atoms with Gasteiger partial charge < -0.3 is 0 Å². The van der Waals surface area contributed by atoms with Crippen LogP contribution in [0.25, 0.3) is 34.4 Å². The van der Waals surface area contributed by atoms with Gasteiger partial charge in [-0.1, -0.05) is 141 Å². The van der Waals surface area contributed by atoms with Crippen LogP contribution < -0.4 is 0 Å². The lowest BCUT2D eigenvalue weighted by Gasteiger charge is -2.40. The van der Waals surface area contributed by atoms with E-state index < -0.39 is 0 Å². The van der Waals surface area contributed by atoms with Crippen LogP contribution in [0.4, 0.5) is 0 Å². The molecule has 1 saturated carbocycles. The third-order valence-corrected chi connectivity index (χ3v) is 10.1. The first-order chi connectivity index (χ1) is 19.7. The molecule has 3 aliphatic carbocycles. The standard InChI is InChI=1S/C40H40/c1-3-28-14-6-8-18-34(28)36-20-12-16-30-24-32(26-38(30)36)40(22-10-5-11-23-40)33-25-31-17-13-21-37(39(31)27-33)35-19-9-7-15-29(35)4-2/h6-9,12-21,26-27H,3-5,10-11,22-25H2,1-2H3. The Morgan fingerprint density at radius 3 is 1.43 bits per heavy atom. The van der Waals surface area contributed by atoms with Gasteiger partial charge in [0.05, 0.1) is 0 Å². The highest BCUT2D eigenvalue weighted by atomic mass is 14.5. The Hall–Kier alpha value is -3.64. The monoisotopic (exact) mass is 520 g/mol. The summed E-state index contributed by atoms with van der Waals surface area (Å²) in [4.78, 5) is 0. The van der Waals surface area contributed by atoms with Crippen LogP contribution >= 0.6 is 0 Å². The molecule has 0 radical (unpaired) electrons. The van der Waals surface area contributed by atoms with Crippen LogP contribution in [0.2, 0.25) is 0 Å². The summed E-state index contributed by atoms with van der Waals surface area (Å²) < 4.78 is 0. The molecule has 0 aromatic heterocycles. The Kier molecular flexibility index (Phi) is 6.59. The van der Waals surface area contributed by atoms with E-state index in [1.807, 2.05) is 0 Å². The van der Waals surface area contributed by atoms with Crippen molar-refractivity contribution < 1.29 is 0 Å². The van der Waals surface area contributed by atoms with Gasteiger partial charge in [-0.05, 0) is 94.2 Å². The van der Waals surface area contributed by atoms with E-state index >= 15 is 0 Å². The number of fused-ring (bicyclic) bond motifs is 2. The summed E-state index contributed by atoms with van der Waals surface area (Å²) in [5, 5.41) is 0. The van der Waals surface area contributed by atoms with Crippen molar-refractivity contribution in [2.75, 3.05) is 0 Å². The van der Waals surface area contributed by atoms with Gasteiger partial charge in [0.25, 0.3) is 0 Å². The number of rotatable bonds is 6. The summed E-state index contributed by atoms with van der Waals surface area (Å²) in [5.74, 6) is 0. The van der Waals surface area contributed by atoms with Crippen LogP contribution in [-0.4, -0.2) is 0 Å². The number of benzene rings is 4. The third-order valence-electron chi connectivity index (χ3n) is 10.1. The highest BCUT2D eigenvalue weighted by Gasteiger charge is 2.42. The van der Waals surface area contributed by atoms with Crippen LogP contribution in [0.3, 0.4) is 0 Å². The van der Waals surface area contributed by atoms with Gasteiger partial charge in [0.1, 0.15) is 0 Å². The van der Waals surface area contributed by atoms with E-state index in [0.29, 0.717) is 0 Å². The summed E-state index contributed by atoms with van der Waals surface area (Å²) >= 11 is 0. The quantitative estimate of drug-likeness (QED) is 0.237. The molecule has 0 nitrogen and oxygen atoms in total. The smallest absolute Gasteiger partial charge is 0.0134 e. The molecule has 0 spiro atoms. The molecule has 40 heavy (non-hydrogen) atoms. The Labute approximate surface area is 240 Å². The van der Waals surface area contributed by atoms with Gasteiger partial charge in [-0.2, -0.15) is 0 Å². The Balaban J connectivity index is 1.33. The minimum Gasteiger partial charge on any atom is -0.0620 e. The molecule has 4 aromatic carbocycles. The maximum atomic E-state index is 2.62. The van der Waals surface area contributed by atoms with E-state index in [9.17, 15) is 0 Å². The fourth-order valence-electron chi connectivity index (χ4n) is 8.01. The molecule has 200 valence electrons. The van der Waals surface area contributed by atoms with Crippen molar-refractivity contribution in [2.45, 2.75) is 71.6 Å². The molecule has 0 heterocycles. The topological polar surface area (TPSA) is 0 Å². The first-order valence-corrected chi connectivity index (χ1v) is 15.5. The fraction of sp³-hybridized carbons (Fsp3) is 0.300. The summed E-state index contributed by atoms with van der Waals surface area (Å²) in [6.07, 6.45) is 16.2. The maximum Gasteiger partial charge on any atom is 0.0134 e. The van der Waals surface area contributed by atoms with Crippen molar-refractivity contribution in [1.29, 1.82) is 0 Å². The molecule has 0 heteroatoms. The normalized spacial score (nSPS) is 17.2. The van der Waals surface area contributed by atoms with Crippen molar-refractivity contribution in [1.82, 2.24) is 0 Å². The van der Waals surface area contributed by atoms with E-state index in [1.54, 1.807) is 11.1 Å². The summed E-state index contributed by atoms with van der Waals surface area (Å²) in [7, 11) is 0. The molecule has 7 rings (SSSR count). The van der Waals surface area contributed by atoms with Gasteiger partial charge in [0.15, 0.2) is 0 Å². The first kappa shape index (κ1) is 25.3. The molecule has 0 N–H and O–H groups in total. The number of hydrogen-bond acceptors (Lipinski definition) is 0. The lowest BCUT2D eigenvalue weighted by Crippen LogP contribution is -2.29. The molecule has 3 aliphatic rings.